The van der Waals surface area contributed by atoms with Crippen LogP contribution in [0.3, 0.4) is 0 Å². The van der Waals surface area contributed by atoms with Crippen LogP contribution in [-0.2, 0) is 0 Å². The normalized spacial score (nSPS) is 11.1. The van der Waals surface area contributed by atoms with Crippen molar-refractivity contribution in [3.05, 3.63) is 28.8 Å². The molecule has 0 fully saturated rings. The maximum Gasteiger partial charge on any atom is 0.270 e. The van der Waals surface area contributed by atoms with Gasteiger partial charge in [-0.3, -0.25) is 19.8 Å². The van der Waals surface area contributed by atoms with Crippen LogP contribution < -0.4 is 24.8 Å². The lowest BCUT2D eigenvalue weighted by Crippen LogP contribution is -2.42. The minimum atomic E-state index is -0.426. The molecule has 2 amide bonds. The molecule has 2 aromatic rings. The number of carbonyl (C=O) groups excluding carboxylic acids is 2. The van der Waals surface area contributed by atoms with E-state index in [0.29, 0.717) is 47.6 Å². The number of carbonyl (C=O) groups is 2. The van der Waals surface area contributed by atoms with E-state index in [1.54, 1.807) is 17.5 Å². The van der Waals surface area contributed by atoms with Gasteiger partial charge in [-0.25, -0.2) is 4.98 Å². The fourth-order valence-corrected chi connectivity index (χ4v) is 4.10. The van der Waals surface area contributed by atoms with Gasteiger partial charge in [0.1, 0.15) is 11.4 Å². The highest BCUT2D eigenvalue weighted by Crippen LogP contribution is 2.35. The molecule has 2 N–H and O–H groups in total. The van der Waals surface area contributed by atoms with Crippen molar-refractivity contribution in [2.45, 2.75) is 46.7 Å². The van der Waals surface area contributed by atoms with Crippen molar-refractivity contribution < 1.29 is 23.8 Å². The molecule has 9 nitrogen and oxygen atoms in total. The molecule has 1 aromatic heterocycles. The molecule has 0 aliphatic rings. The van der Waals surface area contributed by atoms with Crippen molar-refractivity contribution in [1.82, 2.24) is 15.2 Å². The van der Waals surface area contributed by atoms with Crippen LogP contribution in [0.15, 0.2) is 17.5 Å². The van der Waals surface area contributed by atoms with E-state index in [1.807, 2.05) is 6.92 Å². The van der Waals surface area contributed by atoms with Crippen molar-refractivity contribution in [3.8, 4) is 17.2 Å². The molecule has 2 rings (SSSR count). The van der Waals surface area contributed by atoms with Gasteiger partial charge < -0.3 is 19.5 Å². The smallest absolute Gasteiger partial charge is 0.270 e. The highest BCUT2D eigenvalue weighted by molar-refractivity contribution is 7.14. The molecule has 10 heteroatoms. The second-order valence-electron chi connectivity index (χ2n) is 7.81. The largest absolute Gasteiger partial charge is 0.493 e. The second kappa shape index (κ2) is 12.4. The van der Waals surface area contributed by atoms with Crippen LogP contribution in [0.25, 0.3) is 0 Å². The Kier molecular flexibility index (Phi) is 9.93. The molecule has 0 bridgehead atoms. The van der Waals surface area contributed by atoms with Gasteiger partial charge in [0.15, 0.2) is 16.6 Å². The van der Waals surface area contributed by atoms with Crippen molar-refractivity contribution in [3.63, 3.8) is 0 Å². The van der Waals surface area contributed by atoms with Crippen molar-refractivity contribution in [2.75, 3.05) is 39.2 Å². The van der Waals surface area contributed by atoms with Crippen LogP contribution in [0.5, 0.6) is 17.2 Å². The number of thiazole rings is 1. The number of methoxy groups -OCH3 is 2. The van der Waals surface area contributed by atoms with E-state index in [9.17, 15) is 9.59 Å². The Balaban J connectivity index is 2.06. The maximum absolute atomic E-state index is 12.9. The zero-order valence-corrected chi connectivity index (χ0v) is 21.2. The molecule has 1 heterocycles. The molecule has 0 radical (unpaired) electrons. The highest BCUT2D eigenvalue weighted by Gasteiger charge is 2.20. The molecule has 0 saturated heterocycles. The van der Waals surface area contributed by atoms with Crippen molar-refractivity contribution in [2.24, 2.45) is 0 Å². The first-order valence-corrected chi connectivity index (χ1v) is 11.8. The number of nitrogens with zero attached hydrogens (tertiary/aromatic N) is 2. The number of hydrogen-bond donors (Lipinski definition) is 2. The van der Waals surface area contributed by atoms with Gasteiger partial charge in [0, 0.05) is 42.7 Å². The number of rotatable bonds is 12. The Labute approximate surface area is 199 Å². The minimum Gasteiger partial charge on any atom is -0.493 e. The van der Waals surface area contributed by atoms with Crippen LogP contribution >= 0.6 is 11.3 Å². The quantitative estimate of drug-likeness (QED) is 0.480. The number of amides is 2. The van der Waals surface area contributed by atoms with Gasteiger partial charge in [0.2, 0.25) is 0 Å². The summed E-state index contributed by atoms with van der Waals surface area (Å²) in [6.07, 6.45) is 0. The van der Waals surface area contributed by atoms with E-state index >= 15 is 0 Å². The topological polar surface area (TPSA) is 102 Å². The first-order valence-electron chi connectivity index (χ1n) is 10.9. The summed E-state index contributed by atoms with van der Waals surface area (Å²) >= 11 is 1.18. The average Bonchev–Trinajstić information content (AvgIpc) is 3.24. The van der Waals surface area contributed by atoms with Crippen LogP contribution in [0, 0.1) is 0 Å². The molecular formula is C23H34N4O5S. The van der Waals surface area contributed by atoms with Crippen LogP contribution in [-0.4, -0.2) is 67.7 Å². The standard InChI is InChI=1S/C23H34N4O5S/c1-8-32-18-12-20(31-7)19(30-6)11-16(18)21(28)26-23-25-17(13-33-23)22(29)24-9-10-27(14(2)3)15(4)5/h11-15H,8-10H2,1-7H3,(H,24,29)(H,25,26,28). The van der Waals surface area contributed by atoms with Gasteiger partial charge in [0.05, 0.1) is 26.4 Å². The third kappa shape index (κ3) is 7.06. The fraction of sp³-hybridized carbons (Fsp3) is 0.522. The number of anilines is 1. The Hall–Kier alpha value is -2.85. The lowest BCUT2D eigenvalue weighted by Gasteiger charge is -2.30. The predicted molar refractivity (Wildman–Crippen MR) is 130 cm³/mol. The van der Waals surface area contributed by atoms with Crippen molar-refractivity contribution in [1.29, 1.82) is 0 Å². The van der Waals surface area contributed by atoms with E-state index in [4.69, 9.17) is 14.2 Å². The molecule has 0 atom stereocenters. The number of aromatic nitrogens is 1. The monoisotopic (exact) mass is 478 g/mol. The Morgan fingerprint density at radius 1 is 1.03 bits per heavy atom. The van der Waals surface area contributed by atoms with E-state index in [2.05, 4.69) is 48.2 Å². The fourth-order valence-electron chi connectivity index (χ4n) is 3.41. The lowest BCUT2D eigenvalue weighted by atomic mass is 10.1. The third-order valence-corrected chi connectivity index (χ3v) is 5.73. The van der Waals surface area contributed by atoms with Gasteiger partial charge in [-0.1, -0.05) is 0 Å². The molecule has 33 heavy (non-hydrogen) atoms. The van der Waals surface area contributed by atoms with Gasteiger partial charge in [-0.15, -0.1) is 11.3 Å². The Bertz CT molecular complexity index is 937. The second-order valence-corrected chi connectivity index (χ2v) is 8.67. The van der Waals surface area contributed by atoms with Crippen LogP contribution in [0.2, 0.25) is 0 Å². The van der Waals surface area contributed by atoms with Gasteiger partial charge in [-0.05, 0) is 34.6 Å². The summed E-state index contributed by atoms with van der Waals surface area (Å²) in [6, 6.07) is 3.94. The highest BCUT2D eigenvalue weighted by atomic mass is 32.1. The molecule has 0 unspecified atom stereocenters. The van der Waals surface area contributed by atoms with E-state index < -0.39 is 5.91 Å². The predicted octanol–water partition coefficient (Wildman–Crippen LogP) is 3.66. The SMILES string of the molecule is CCOc1cc(OC)c(OC)cc1C(=O)Nc1nc(C(=O)NCCN(C(C)C)C(C)C)cs1. The minimum absolute atomic E-state index is 0.258. The van der Waals surface area contributed by atoms with Gasteiger partial charge >= 0.3 is 0 Å². The van der Waals surface area contributed by atoms with Crippen molar-refractivity contribution >= 4 is 28.3 Å². The first-order chi connectivity index (χ1) is 15.7. The lowest BCUT2D eigenvalue weighted by molar-refractivity contribution is 0.0934. The maximum atomic E-state index is 12.9. The van der Waals surface area contributed by atoms with Gasteiger partial charge in [-0.2, -0.15) is 0 Å². The summed E-state index contributed by atoms with van der Waals surface area (Å²) in [5.41, 5.74) is 0.534. The third-order valence-electron chi connectivity index (χ3n) is 4.97. The van der Waals surface area contributed by atoms with E-state index in [0.717, 1.165) is 6.54 Å². The average molecular weight is 479 g/mol. The summed E-state index contributed by atoms with van der Waals surface area (Å²) in [7, 11) is 3.01. The molecule has 0 spiro atoms. The first kappa shape index (κ1) is 26.4. The molecule has 182 valence electrons. The summed E-state index contributed by atoms with van der Waals surface area (Å²) < 4.78 is 16.2. The molecule has 1 aromatic carbocycles. The van der Waals surface area contributed by atoms with E-state index in [-0.39, 0.29) is 17.2 Å². The summed E-state index contributed by atoms with van der Waals surface area (Å²) in [6.45, 7) is 12.0. The zero-order valence-electron chi connectivity index (χ0n) is 20.4. The molecule has 0 aliphatic heterocycles. The number of nitrogens with one attached hydrogen (secondary N) is 2. The van der Waals surface area contributed by atoms with Crippen LogP contribution in [0.4, 0.5) is 5.13 Å². The summed E-state index contributed by atoms with van der Waals surface area (Å²) in [5.74, 6) is 0.522. The van der Waals surface area contributed by atoms with Gasteiger partial charge in [0.25, 0.3) is 11.8 Å². The molecular weight excluding hydrogens is 444 g/mol. The Morgan fingerprint density at radius 3 is 2.24 bits per heavy atom. The molecule has 0 saturated carbocycles. The molecule has 0 aliphatic carbocycles. The number of hydrogen-bond acceptors (Lipinski definition) is 8. The number of ether oxygens (including phenoxy) is 3. The van der Waals surface area contributed by atoms with Crippen LogP contribution in [0.1, 0.15) is 55.5 Å². The zero-order chi connectivity index (χ0) is 24.5. The summed E-state index contributed by atoms with van der Waals surface area (Å²) in [4.78, 5) is 31.9. The summed E-state index contributed by atoms with van der Waals surface area (Å²) in [5, 5.41) is 7.55. The Morgan fingerprint density at radius 2 is 1.67 bits per heavy atom. The number of benzene rings is 1. The van der Waals surface area contributed by atoms with E-state index in [1.165, 1.54) is 25.6 Å².